The van der Waals surface area contributed by atoms with Crippen molar-refractivity contribution in [1.29, 1.82) is 0 Å². The molecule has 0 aromatic heterocycles. The van der Waals surface area contributed by atoms with Crippen LogP contribution in [-0.2, 0) is 28.6 Å². The van der Waals surface area contributed by atoms with E-state index < -0.39 is 6.10 Å². The van der Waals surface area contributed by atoms with E-state index in [-0.39, 0.29) is 31.1 Å². The van der Waals surface area contributed by atoms with E-state index in [0.29, 0.717) is 19.3 Å². The van der Waals surface area contributed by atoms with E-state index in [0.717, 1.165) is 63.7 Å². The summed E-state index contributed by atoms with van der Waals surface area (Å²) in [4.78, 5) is 37.5. The standard InChI is InChI=1S/C43H82O6/c1-5-7-9-11-13-15-16-18-22-26-30-34-41(44)47-37-40(49-43(46)36-32-28-24-17-14-12-10-8-6-2)38-48-42(45)35-31-27-23-20-19-21-25-29-33-39(3)4/h39-40H,5-38H2,1-4H3/t40-/m1/s1. The monoisotopic (exact) mass is 695 g/mol. The maximum absolute atomic E-state index is 12.6. The molecule has 0 amide bonds. The number of carbonyl (C=O) groups excluding carboxylic acids is 3. The zero-order valence-electron chi connectivity index (χ0n) is 33.1. The molecule has 0 aliphatic carbocycles. The van der Waals surface area contributed by atoms with Gasteiger partial charge in [0, 0.05) is 19.3 Å². The van der Waals surface area contributed by atoms with Crippen molar-refractivity contribution >= 4 is 17.9 Å². The Kier molecular flexibility index (Phi) is 36.4. The van der Waals surface area contributed by atoms with Crippen LogP contribution in [0.4, 0.5) is 0 Å². The van der Waals surface area contributed by atoms with Crippen molar-refractivity contribution in [2.45, 2.75) is 239 Å². The summed E-state index contributed by atoms with van der Waals surface area (Å²) < 4.78 is 16.6. The lowest BCUT2D eigenvalue weighted by Gasteiger charge is -2.18. The molecule has 0 rings (SSSR count). The summed E-state index contributed by atoms with van der Waals surface area (Å²) in [5.41, 5.74) is 0. The SMILES string of the molecule is CCCCCCCCCCCCCC(=O)OC[C@H](COC(=O)CCCCCCCCCCC(C)C)OC(=O)CCCCCCCCCCC. The molecule has 0 aliphatic rings. The van der Waals surface area contributed by atoms with Gasteiger partial charge in [-0.1, -0.05) is 195 Å². The third-order valence-electron chi connectivity index (χ3n) is 9.54. The molecule has 0 aromatic carbocycles. The van der Waals surface area contributed by atoms with Crippen LogP contribution in [0.15, 0.2) is 0 Å². The number of ether oxygens (including phenoxy) is 3. The van der Waals surface area contributed by atoms with Gasteiger partial charge in [0.15, 0.2) is 6.10 Å². The molecular formula is C43H82O6. The van der Waals surface area contributed by atoms with Gasteiger partial charge in [-0.3, -0.25) is 14.4 Å². The molecule has 0 saturated carbocycles. The first-order valence-corrected chi connectivity index (χ1v) is 21.4. The zero-order valence-corrected chi connectivity index (χ0v) is 33.1. The predicted octanol–water partition coefficient (Wildman–Crippen LogP) is 13.2. The fraction of sp³-hybridized carbons (Fsp3) is 0.930. The summed E-state index contributed by atoms with van der Waals surface area (Å²) in [6.45, 7) is 8.92. The summed E-state index contributed by atoms with van der Waals surface area (Å²) >= 11 is 0. The van der Waals surface area contributed by atoms with Gasteiger partial charge in [0.25, 0.3) is 0 Å². The molecule has 0 fully saturated rings. The second-order valence-electron chi connectivity index (χ2n) is 15.1. The fourth-order valence-electron chi connectivity index (χ4n) is 6.27. The lowest BCUT2D eigenvalue weighted by atomic mass is 10.0. The van der Waals surface area contributed by atoms with E-state index in [9.17, 15) is 14.4 Å². The number of unbranched alkanes of at least 4 members (excludes halogenated alkanes) is 25. The average molecular weight is 695 g/mol. The van der Waals surface area contributed by atoms with Gasteiger partial charge in [0.1, 0.15) is 13.2 Å². The highest BCUT2D eigenvalue weighted by Gasteiger charge is 2.19. The van der Waals surface area contributed by atoms with Gasteiger partial charge in [-0.25, -0.2) is 0 Å². The highest BCUT2D eigenvalue weighted by molar-refractivity contribution is 5.71. The molecule has 1 atom stereocenters. The number of hydrogen-bond acceptors (Lipinski definition) is 6. The fourth-order valence-corrected chi connectivity index (χ4v) is 6.27. The lowest BCUT2D eigenvalue weighted by Crippen LogP contribution is -2.30. The molecule has 290 valence electrons. The smallest absolute Gasteiger partial charge is 0.306 e. The Morgan fingerprint density at radius 1 is 0.388 bits per heavy atom. The summed E-state index contributed by atoms with van der Waals surface area (Å²) in [7, 11) is 0. The molecule has 0 heterocycles. The highest BCUT2D eigenvalue weighted by Crippen LogP contribution is 2.15. The van der Waals surface area contributed by atoms with Crippen molar-refractivity contribution in [3.63, 3.8) is 0 Å². The van der Waals surface area contributed by atoms with Crippen LogP contribution in [0.25, 0.3) is 0 Å². The van der Waals surface area contributed by atoms with E-state index >= 15 is 0 Å². The normalized spacial score (nSPS) is 11.9. The number of hydrogen-bond donors (Lipinski definition) is 0. The van der Waals surface area contributed by atoms with Crippen molar-refractivity contribution < 1.29 is 28.6 Å². The topological polar surface area (TPSA) is 78.9 Å². The quantitative estimate of drug-likeness (QED) is 0.0364. The van der Waals surface area contributed by atoms with Crippen molar-refractivity contribution in [3.05, 3.63) is 0 Å². The molecule has 0 radical (unpaired) electrons. The number of carbonyl (C=O) groups is 3. The van der Waals surface area contributed by atoms with Gasteiger partial charge in [-0.05, 0) is 25.2 Å². The largest absolute Gasteiger partial charge is 0.462 e. The second-order valence-corrected chi connectivity index (χ2v) is 15.1. The minimum Gasteiger partial charge on any atom is -0.462 e. The third kappa shape index (κ3) is 37.5. The molecule has 6 heteroatoms. The minimum absolute atomic E-state index is 0.0647. The van der Waals surface area contributed by atoms with Crippen molar-refractivity contribution in [1.82, 2.24) is 0 Å². The van der Waals surface area contributed by atoms with Gasteiger partial charge in [-0.15, -0.1) is 0 Å². The first-order valence-electron chi connectivity index (χ1n) is 21.4. The van der Waals surface area contributed by atoms with Crippen LogP contribution >= 0.6 is 0 Å². The van der Waals surface area contributed by atoms with Crippen LogP contribution in [0.2, 0.25) is 0 Å². The zero-order chi connectivity index (χ0) is 36.0. The summed E-state index contributed by atoms with van der Waals surface area (Å²) in [6.07, 6.45) is 35.2. The molecule has 49 heavy (non-hydrogen) atoms. The second kappa shape index (κ2) is 37.7. The van der Waals surface area contributed by atoms with Gasteiger partial charge >= 0.3 is 17.9 Å². The van der Waals surface area contributed by atoms with Gasteiger partial charge in [0.05, 0.1) is 0 Å². The minimum atomic E-state index is -0.757. The Bertz CT molecular complexity index is 736. The van der Waals surface area contributed by atoms with Crippen LogP contribution in [0.3, 0.4) is 0 Å². The van der Waals surface area contributed by atoms with Gasteiger partial charge in [0.2, 0.25) is 0 Å². The molecule has 0 aliphatic heterocycles. The Balaban J connectivity index is 4.33. The summed E-state index contributed by atoms with van der Waals surface area (Å²) in [6, 6.07) is 0. The predicted molar refractivity (Wildman–Crippen MR) is 206 cm³/mol. The van der Waals surface area contributed by atoms with Crippen LogP contribution in [0, 0.1) is 5.92 Å². The van der Waals surface area contributed by atoms with Crippen molar-refractivity contribution in [2.75, 3.05) is 13.2 Å². The lowest BCUT2D eigenvalue weighted by molar-refractivity contribution is -0.167. The number of rotatable bonds is 38. The Labute approximate surface area is 304 Å². The van der Waals surface area contributed by atoms with E-state index in [1.807, 2.05) is 0 Å². The van der Waals surface area contributed by atoms with Crippen LogP contribution in [0.1, 0.15) is 233 Å². The van der Waals surface area contributed by atoms with E-state index in [1.54, 1.807) is 0 Å². The Morgan fingerprint density at radius 3 is 1.00 bits per heavy atom. The number of esters is 3. The first-order chi connectivity index (χ1) is 23.9. The van der Waals surface area contributed by atoms with Crippen LogP contribution < -0.4 is 0 Å². The summed E-state index contributed by atoms with van der Waals surface area (Å²) in [5, 5.41) is 0. The first kappa shape index (κ1) is 47.4. The van der Waals surface area contributed by atoms with E-state index in [4.69, 9.17) is 14.2 Å². The van der Waals surface area contributed by atoms with Gasteiger partial charge in [-0.2, -0.15) is 0 Å². The molecule has 6 nitrogen and oxygen atoms in total. The molecule has 0 spiro atoms. The Hall–Kier alpha value is -1.59. The average Bonchev–Trinajstić information content (AvgIpc) is 3.08. The molecule has 0 unspecified atom stereocenters. The highest BCUT2D eigenvalue weighted by atomic mass is 16.6. The molecule has 0 saturated heterocycles. The third-order valence-corrected chi connectivity index (χ3v) is 9.54. The molecule has 0 N–H and O–H groups in total. The molecule has 0 bridgehead atoms. The summed E-state index contributed by atoms with van der Waals surface area (Å²) in [5.74, 6) is -0.0663. The van der Waals surface area contributed by atoms with Crippen molar-refractivity contribution in [3.8, 4) is 0 Å². The molecular weight excluding hydrogens is 612 g/mol. The Morgan fingerprint density at radius 2 is 0.673 bits per heavy atom. The van der Waals surface area contributed by atoms with Crippen LogP contribution in [0.5, 0.6) is 0 Å². The van der Waals surface area contributed by atoms with Gasteiger partial charge < -0.3 is 14.2 Å². The van der Waals surface area contributed by atoms with E-state index in [2.05, 4.69) is 27.7 Å². The van der Waals surface area contributed by atoms with E-state index in [1.165, 1.54) is 128 Å². The maximum atomic E-state index is 12.6. The van der Waals surface area contributed by atoms with Crippen molar-refractivity contribution in [2.24, 2.45) is 5.92 Å². The maximum Gasteiger partial charge on any atom is 0.306 e. The van der Waals surface area contributed by atoms with Crippen LogP contribution in [-0.4, -0.2) is 37.2 Å². The molecule has 0 aromatic rings.